The largest absolute Gasteiger partial charge is 0.353 e. The van der Waals surface area contributed by atoms with Crippen molar-refractivity contribution in [1.82, 2.24) is 20.2 Å². The summed E-state index contributed by atoms with van der Waals surface area (Å²) in [6.45, 7) is 14.3. The van der Waals surface area contributed by atoms with Gasteiger partial charge in [-0.2, -0.15) is 5.10 Å². The highest BCUT2D eigenvalue weighted by Crippen LogP contribution is 2.29. The molecule has 0 bridgehead atoms. The molecule has 4 rings (SSSR count). The van der Waals surface area contributed by atoms with E-state index in [4.69, 9.17) is 0 Å². The summed E-state index contributed by atoms with van der Waals surface area (Å²) >= 11 is 0. The van der Waals surface area contributed by atoms with Crippen molar-refractivity contribution in [3.63, 3.8) is 0 Å². The molecular weight excluding hydrogens is 435 g/mol. The third-order valence-corrected chi connectivity index (χ3v) is 6.05. The number of aromatic nitrogens is 4. The number of halogens is 1. The summed E-state index contributed by atoms with van der Waals surface area (Å²) in [5, 5.41) is 10.1. The van der Waals surface area contributed by atoms with Crippen LogP contribution in [0.2, 0.25) is 0 Å². The zero-order valence-corrected chi connectivity index (χ0v) is 20.3. The molecule has 35 heavy (non-hydrogen) atoms. The monoisotopic (exact) mass is 464 g/mol. The number of fused-ring (bicyclic) bond motifs is 1. The van der Waals surface area contributed by atoms with E-state index in [1.54, 1.807) is 12.3 Å². The second-order valence-electron chi connectivity index (χ2n) is 8.19. The Balaban J connectivity index is 1.86. The van der Waals surface area contributed by atoms with Crippen LogP contribution >= 0.6 is 0 Å². The minimum absolute atomic E-state index is 0.293. The van der Waals surface area contributed by atoms with Gasteiger partial charge in [-0.3, -0.25) is 10.1 Å². The first kappa shape index (κ1) is 23.9. The number of aromatic amines is 2. The van der Waals surface area contributed by atoms with Gasteiger partial charge in [-0.1, -0.05) is 56.5 Å². The fraction of sp³-hybridized carbons (Fsp3) is 0.133. The van der Waals surface area contributed by atoms with Crippen LogP contribution in [0.15, 0.2) is 90.2 Å². The molecular formula is C30H29FN4. The molecule has 0 radical (unpaired) electrons. The van der Waals surface area contributed by atoms with Crippen molar-refractivity contribution < 1.29 is 4.39 Å². The van der Waals surface area contributed by atoms with Crippen molar-refractivity contribution in [2.75, 3.05) is 0 Å². The van der Waals surface area contributed by atoms with E-state index in [9.17, 15) is 4.39 Å². The number of rotatable bonds is 7. The molecule has 4 aromatic rings. The van der Waals surface area contributed by atoms with Gasteiger partial charge in [0.2, 0.25) is 0 Å². The fourth-order valence-electron chi connectivity index (χ4n) is 4.12. The van der Waals surface area contributed by atoms with Crippen LogP contribution in [0.5, 0.6) is 0 Å². The molecule has 2 N–H and O–H groups in total. The maximum absolute atomic E-state index is 13.9. The second-order valence-corrected chi connectivity index (χ2v) is 8.19. The van der Waals surface area contributed by atoms with Crippen molar-refractivity contribution in [3.05, 3.63) is 107 Å². The zero-order valence-electron chi connectivity index (χ0n) is 20.3. The van der Waals surface area contributed by atoms with E-state index in [0.717, 1.165) is 56.0 Å². The van der Waals surface area contributed by atoms with Crippen molar-refractivity contribution >= 4 is 23.6 Å². The minimum atomic E-state index is -0.293. The van der Waals surface area contributed by atoms with Crippen molar-refractivity contribution in [2.24, 2.45) is 0 Å². The summed E-state index contributed by atoms with van der Waals surface area (Å²) in [7, 11) is 0. The number of H-pyrrole nitrogens is 2. The van der Waals surface area contributed by atoms with Gasteiger partial charge in [-0.15, -0.1) is 0 Å². The molecule has 0 unspecified atom stereocenters. The average molecular weight is 465 g/mol. The number of allylic oxidation sites excluding steroid dienone is 7. The summed E-state index contributed by atoms with van der Waals surface area (Å²) in [4.78, 5) is 7.98. The minimum Gasteiger partial charge on any atom is -0.353 e. The van der Waals surface area contributed by atoms with Gasteiger partial charge in [-0.05, 0) is 67.3 Å². The Morgan fingerprint density at radius 3 is 2.57 bits per heavy atom. The molecule has 0 atom stereocenters. The van der Waals surface area contributed by atoms with Gasteiger partial charge < -0.3 is 4.98 Å². The topological polar surface area (TPSA) is 57.4 Å². The Bertz CT molecular complexity index is 1590. The first-order valence-corrected chi connectivity index (χ1v) is 11.6. The molecule has 0 aliphatic rings. The molecule has 0 spiro atoms. The first-order valence-electron chi connectivity index (χ1n) is 11.6. The Morgan fingerprint density at radius 1 is 1.09 bits per heavy atom. The van der Waals surface area contributed by atoms with Gasteiger partial charge in [0.25, 0.3) is 0 Å². The predicted octanol–water partition coefficient (Wildman–Crippen LogP) is 6.36. The van der Waals surface area contributed by atoms with Crippen LogP contribution in [0, 0.1) is 5.82 Å². The van der Waals surface area contributed by atoms with Crippen LogP contribution in [-0.4, -0.2) is 20.2 Å². The number of hydrogen-bond donors (Lipinski definition) is 2. The van der Waals surface area contributed by atoms with Crippen LogP contribution in [0.4, 0.5) is 4.39 Å². The van der Waals surface area contributed by atoms with E-state index in [1.165, 1.54) is 17.7 Å². The average Bonchev–Trinajstić information content (AvgIpc) is 3.46. The summed E-state index contributed by atoms with van der Waals surface area (Å²) in [5.74, 6) is -0.293. The summed E-state index contributed by atoms with van der Waals surface area (Å²) < 4.78 is 13.9. The van der Waals surface area contributed by atoms with Gasteiger partial charge in [0.15, 0.2) is 0 Å². The number of hydrogen-bond acceptors (Lipinski definition) is 2. The smallest absolute Gasteiger partial charge is 0.123 e. The van der Waals surface area contributed by atoms with Crippen molar-refractivity contribution in [2.45, 2.75) is 27.2 Å². The molecule has 1 aromatic carbocycles. The lowest BCUT2D eigenvalue weighted by atomic mass is 10.00. The highest BCUT2D eigenvalue weighted by molar-refractivity contribution is 5.96. The summed E-state index contributed by atoms with van der Waals surface area (Å²) in [6, 6.07) is 10.4. The SMILES string of the molecule is C=C\C(=C/C(=C\C)C(/C=c1/c(-c2cc3c(-c4cccc(F)c4)nccc3[nH]2)n[nH]c1=C)=C/C)CC. The number of nitrogens with one attached hydrogen (secondary N) is 2. The number of nitrogens with zero attached hydrogens (tertiary/aromatic N) is 2. The van der Waals surface area contributed by atoms with E-state index in [1.807, 2.05) is 38.1 Å². The van der Waals surface area contributed by atoms with E-state index >= 15 is 0 Å². The van der Waals surface area contributed by atoms with Crippen LogP contribution in [-0.2, 0) is 0 Å². The zero-order chi connectivity index (χ0) is 24.9. The number of pyridine rings is 1. The Labute approximate surface area is 204 Å². The van der Waals surface area contributed by atoms with Gasteiger partial charge in [0.05, 0.1) is 16.7 Å². The van der Waals surface area contributed by atoms with Crippen LogP contribution in [0.25, 0.3) is 46.2 Å². The molecule has 0 saturated heterocycles. The van der Waals surface area contributed by atoms with E-state index < -0.39 is 0 Å². The molecule has 5 heteroatoms. The molecule has 0 saturated carbocycles. The molecule has 3 heterocycles. The highest BCUT2D eigenvalue weighted by atomic mass is 19.1. The van der Waals surface area contributed by atoms with Crippen LogP contribution in [0.3, 0.4) is 0 Å². The van der Waals surface area contributed by atoms with Crippen LogP contribution < -0.4 is 10.6 Å². The maximum Gasteiger partial charge on any atom is 0.123 e. The van der Waals surface area contributed by atoms with Gasteiger partial charge in [0, 0.05) is 27.9 Å². The molecule has 0 aliphatic heterocycles. The second kappa shape index (κ2) is 10.3. The van der Waals surface area contributed by atoms with Crippen LogP contribution in [0.1, 0.15) is 27.2 Å². The van der Waals surface area contributed by atoms with E-state index in [2.05, 4.69) is 64.6 Å². The lowest BCUT2D eigenvalue weighted by Crippen LogP contribution is -2.22. The predicted molar refractivity (Wildman–Crippen MR) is 144 cm³/mol. The van der Waals surface area contributed by atoms with Gasteiger partial charge >= 0.3 is 0 Å². The molecule has 0 fully saturated rings. The molecule has 3 aromatic heterocycles. The highest BCUT2D eigenvalue weighted by Gasteiger charge is 2.13. The molecule has 0 amide bonds. The maximum atomic E-state index is 13.9. The molecule has 4 nitrogen and oxygen atoms in total. The fourth-order valence-corrected chi connectivity index (χ4v) is 4.12. The Morgan fingerprint density at radius 2 is 1.89 bits per heavy atom. The summed E-state index contributed by atoms with van der Waals surface area (Å²) in [6.07, 6.45) is 12.9. The molecule has 0 aliphatic carbocycles. The van der Waals surface area contributed by atoms with Gasteiger partial charge in [0.1, 0.15) is 11.5 Å². The Kier molecular flexibility index (Phi) is 7.06. The van der Waals surface area contributed by atoms with E-state index in [-0.39, 0.29) is 5.82 Å². The van der Waals surface area contributed by atoms with Crippen molar-refractivity contribution in [1.29, 1.82) is 0 Å². The lowest BCUT2D eigenvalue weighted by Gasteiger charge is -2.05. The third kappa shape index (κ3) is 4.85. The number of benzene rings is 1. The standard InChI is InChI=1S/C30H29FN4/c1-6-20(7-2)15-21(8-3)22(9-4)17-25-19(5)34-35-30(25)28-18-26-27(33-28)13-14-32-29(26)23-11-10-12-24(31)16-23/h6,8-18,33-34H,1,5,7H2,2-4H3/b20-15+,21-8+,22-9+,25-17+. The normalized spacial score (nSPS) is 13.6. The quantitative estimate of drug-likeness (QED) is 0.313. The third-order valence-electron chi connectivity index (χ3n) is 6.05. The lowest BCUT2D eigenvalue weighted by molar-refractivity contribution is 0.628. The van der Waals surface area contributed by atoms with E-state index in [0.29, 0.717) is 5.69 Å². The van der Waals surface area contributed by atoms with Gasteiger partial charge in [-0.25, -0.2) is 4.39 Å². The molecule has 176 valence electrons. The first-order chi connectivity index (χ1) is 17.0. The Hall–Kier alpha value is -4.25. The van der Waals surface area contributed by atoms with Crippen molar-refractivity contribution in [3.8, 4) is 22.6 Å². The summed E-state index contributed by atoms with van der Waals surface area (Å²) in [5.41, 5.74) is 7.26.